The first-order valence-corrected chi connectivity index (χ1v) is 7.31. The van der Waals surface area contributed by atoms with Crippen LogP contribution in [0.3, 0.4) is 0 Å². The highest BCUT2D eigenvalue weighted by atomic mass is 15.3. The van der Waals surface area contributed by atoms with Crippen LogP contribution in [-0.4, -0.2) is 50.8 Å². The Bertz CT molecular complexity index is 597. The molecule has 1 aliphatic heterocycles. The molecule has 1 N–H and O–H groups in total. The van der Waals surface area contributed by atoms with Crippen LogP contribution in [0.15, 0.2) is 6.20 Å². The highest BCUT2D eigenvalue weighted by Gasteiger charge is 2.19. The molecule has 0 aromatic carbocycles. The fraction of sp³-hybridized carbons (Fsp3) is 0.643. The van der Waals surface area contributed by atoms with Gasteiger partial charge in [0.2, 0.25) is 0 Å². The van der Waals surface area contributed by atoms with Crippen molar-refractivity contribution in [2.24, 2.45) is 7.05 Å². The van der Waals surface area contributed by atoms with E-state index in [-0.39, 0.29) is 0 Å². The third-order valence-corrected chi connectivity index (χ3v) is 4.01. The molecule has 2 aromatic heterocycles. The molecule has 6 nitrogen and oxygen atoms in total. The number of rotatable bonds is 3. The van der Waals surface area contributed by atoms with Crippen LogP contribution < -0.4 is 5.32 Å². The van der Waals surface area contributed by atoms with Gasteiger partial charge >= 0.3 is 0 Å². The Kier molecular flexibility index (Phi) is 3.56. The molecule has 0 aliphatic carbocycles. The number of nitrogens with one attached hydrogen (secondary N) is 1. The van der Waals surface area contributed by atoms with Crippen LogP contribution in [0, 0.1) is 0 Å². The summed E-state index contributed by atoms with van der Waals surface area (Å²) in [5, 5.41) is 8.92. The van der Waals surface area contributed by atoms with E-state index in [2.05, 4.69) is 39.3 Å². The molecule has 6 heteroatoms. The summed E-state index contributed by atoms with van der Waals surface area (Å²) in [6, 6.07) is 0.495. The zero-order valence-corrected chi connectivity index (χ0v) is 12.4. The number of hydrogen-bond acceptors (Lipinski definition) is 5. The highest BCUT2D eigenvalue weighted by Crippen LogP contribution is 2.22. The van der Waals surface area contributed by atoms with Crippen molar-refractivity contribution >= 4 is 16.9 Å². The monoisotopic (exact) mass is 274 g/mol. The molecule has 0 spiro atoms. The van der Waals surface area contributed by atoms with E-state index < -0.39 is 0 Å². The number of fused-ring (bicyclic) bond motifs is 1. The van der Waals surface area contributed by atoms with Gasteiger partial charge in [0.1, 0.15) is 11.6 Å². The predicted molar refractivity (Wildman–Crippen MR) is 79.8 cm³/mol. The SMILES string of the molecule is CCc1nc(NC2CCN(C)CC2)c2cnn(C)c2n1. The molecular formula is C14H22N6. The molecule has 1 saturated heterocycles. The van der Waals surface area contributed by atoms with E-state index in [1.165, 1.54) is 0 Å². The minimum Gasteiger partial charge on any atom is -0.367 e. The molecule has 0 amide bonds. The first-order valence-electron chi connectivity index (χ1n) is 7.31. The molecular weight excluding hydrogens is 252 g/mol. The standard InChI is InChI=1S/C14H22N6/c1-4-12-17-13(11-9-15-20(3)14(11)18-12)16-10-5-7-19(2)8-6-10/h9-10H,4-8H2,1-3H3,(H,16,17,18). The average Bonchev–Trinajstić information content (AvgIpc) is 2.83. The van der Waals surface area contributed by atoms with E-state index in [1.807, 2.05) is 17.9 Å². The van der Waals surface area contributed by atoms with Gasteiger partial charge in [0, 0.05) is 19.5 Å². The van der Waals surface area contributed by atoms with Crippen molar-refractivity contribution < 1.29 is 0 Å². The molecule has 3 heterocycles. The minimum absolute atomic E-state index is 0.495. The number of likely N-dealkylation sites (tertiary alicyclic amines) is 1. The number of anilines is 1. The maximum absolute atomic E-state index is 4.66. The molecule has 0 atom stereocenters. The fourth-order valence-electron chi connectivity index (χ4n) is 2.68. The summed E-state index contributed by atoms with van der Waals surface area (Å²) in [6.45, 7) is 4.36. The lowest BCUT2D eigenvalue weighted by molar-refractivity contribution is 0.263. The van der Waals surface area contributed by atoms with Gasteiger partial charge < -0.3 is 10.2 Å². The van der Waals surface area contributed by atoms with Crippen LogP contribution in [0.2, 0.25) is 0 Å². The molecule has 1 aliphatic rings. The average molecular weight is 274 g/mol. The summed E-state index contributed by atoms with van der Waals surface area (Å²) in [6.07, 6.45) is 5.00. The maximum Gasteiger partial charge on any atom is 0.163 e. The summed E-state index contributed by atoms with van der Waals surface area (Å²) in [5.41, 5.74) is 0.910. The van der Waals surface area contributed by atoms with Crippen molar-refractivity contribution in [1.29, 1.82) is 0 Å². The van der Waals surface area contributed by atoms with Crippen molar-refractivity contribution in [1.82, 2.24) is 24.6 Å². The third-order valence-electron chi connectivity index (χ3n) is 4.01. The van der Waals surface area contributed by atoms with Crippen LogP contribution >= 0.6 is 0 Å². The van der Waals surface area contributed by atoms with Crippen molar-refractivity contribution in [2.45, 2.75) is 32.2 Å². The van der Waals surface area contributed by atoms with Gasteiger partial charge in [-0.3, -0.25) is 4.68 Å². The van der Waals surface area contributed by atoms with Crippen molar-refractivity contribution in [2.75, 3.05) is 25.5 Å². The van der Waals surface area contributed by atoms with E-state index in [4.69, 9.17) is 0 Å². The smallest absolute Gasteiger partial charge is 0.163 e. The normalized spacial score (nSPS) is 17.8. The molecule has 0 unspecified atom stereocenters. The van der Waals surface area contributed by atoms with Gasteiger partial charge in [-0.15, -0.1) is 0 Å². The van der Waals surface area contributed by atoms with Gasteiger partial charge in [0.05, 0.1) is 11.6 Å². The van der Waals surface area contributed by atoms with Crippen LogP contribution in [0.25, 0.3) is 11.0 Å². The summed E-state index contributed by atoms with van der Waals surface area (Å²) >= 11 is 0. The minimum atomic E-state index is 0.495. The van der Waals surface area contributed by atoms with Gasteiger partial charge in [0.15, 0.2) is 5.65 Å². The molecule has 108 valence electrons. The second-order valence-electron chi connectivity index (χ2n) is 5.57. The lowest BCUT2D eigenvalue weighted by atomic mass is 10.1. The molecule has 1 fully saturated rings. The maximum atomic E-state index is 4.66. The Morgan fingerprint density at radius 1 is 1.25 bits per heavy atom. The van der Waals surface area contributed by atoms with E-state index in [0.29, 0.717) is 6.04 Å². The Labute approximate surface area is 119 Å². The van der Waals surface area contributed by atoms with E-state index in [0.717, 1.165) is 55.0 Å². The number of hydrogen-bond donors (Lipinski definition) is 1. The number of piperidine rings is 1. The quantitative estimate of drug-likeness (QED) is 0.917. The summed E-state index contributed by atoms with van der Waals surface area (Å²) in [7, 11) is 4.10. The highest BCUT2D eigenvalue weighted by molar-refractivity contribution is 5.86. The fourth-order valence-corrected chi connectivity index (χ4v) is 2.68. The number of aromatic nitrogens is 4. The second kappa shape index (κ2) is 5.36. The first kappa shape index (κ1) is 13.3. The molecule has 0 bridgehead atoms. The molecule has 20 heavy (non-hydrogen) atoms. The topological polar surface area (TPSA) is 58.9 Å². The summed E-state index contributed by atoms with van der Waals surface area (Å²) in [4.78, 5) is 11.6. The largest absolute Gasteiger partial charge is 0.367 e. The van der Waals surface area contributed by atoms with E-state index in [1.54, 1.807) is 0 Å². The zero-order valence-electron chi connectivity index (χ0n) is 12.4. The van der Waals surface area contributed by atoms with Crippen LogP contribution in [0.5, 0.6) is 0 Å². The molecule has 0 radical (unpaired) electrons. The van der Waals surface area contributed by atoms with Crippen LogP contribution in [-0.2, 0) is 13.5 Å². The number of aryl methyl sites for hydroxylation is 2. The Morgan fingerprint density at radius 2 is 2.00 bits per heavy atom. The number of nitrogens with zero attached hydrogens (tertiary/aromatic N) is 5. The van der Waals surface area contributed by atoms with Gasteiger partial charge in [-0.1, -0.05) is 6.92 Å². The van der Waals surface area contributed by atoms with Crippen molar-refractivity contribution in [3.05, 3.63) is 12.0 Å². The van der Waals surface area contributed by atoms with Crippen LogP contribution in [0.4, 0.5) is 5.82 Å². The van der Waals surface area contributed by atoms with E-state index in [9.17, 15) is 0 Å². The molecule has 0 saturated carbocycles. The van der Waals surface area contributed by atoms with E-state index >= 15 is 0 Å². The van der Waals surface area contributed by atoms with Crippen LogP contribution in [0.1, 0.15) is 25.6 Å². The first-order chi connectivity index (χ1) is 9.67. The lowest BCUT2D eigenvalue weighted by Gasteiger charge is -2.29. The van der Waals surface area contributed by atoms with Gasteiger partial charge in [0.25, 0.3) is 0 Å². The van der Waals surface area contributed by atoms with Gasteiger partial charge in [-0.25, -0.2) is 9.97 Å². The molecule has 3 rings (SSSR count). The third kappa shape index (κ3) is 2.47. The Morgan fingerprint density at radius 3 is 2.70 bits per heavy atom. The van der Waals surface area contributed by atoms with Gasteiger partial charge in [-0.2, -0.15) is 5.10 Å². The van der Waals surface area contributed by atoms with Crippen molar-refractivity contribution in [3.8, 4) is 0 Å². The Hall–Kier alpha value is -1.69. The van der Waals surface area contributed by atoms with Gasteiger partial charge in [-0.05, 0) is 33.0 Å². The Balaban J connectivity index is 1.90. The lowest BCUT2D eigenvalue weighted by Crippen LogP contribution is -2.37. The van der Waals surface area contributed by atoms with Crippen molar-refractivity contribution in [3.63, 3.8) is 0 Å². The zero-order chi connectivity index (χ0) is 14.1. The predicted octanol–water partition coefficient (Wildman–Crippen LogP) is 1.43. The second-order valence-corrected chi connectivity index (χ2v) is 5.57. The summed E-state index contributed by atoms with van der Waals surface area (Å²) < 4.78 is 1.82. The molecule has 2 aromatic rings. The summed E-state index contributed by atoms with van der Waals surface area (Å²) in [5.74, 6) is 1.81.